The van der Waals surface area contributed by atoms with E-state index in [2.05, 4.69) is 12.1 Å². The Morgan fingerprint density at radius 2 is 2.00 bits per heavy atom. The predicted molar refractivity (Wildman–Crippen MR) is 85.2 cm³/mol. The van der Waals surface area contributed by atoms with Crippen molar-refractivity contribution in [2.24, 2.45) is 5.73 Å². The van der Waals surface area contributed by atoms with Gasteiger partial charge in [0, 0.05) is 21.7 Å². The molecule has 1 heterocycles. The van der Waals surface area contributed by atoms with Crippen LogP contribution >= 0.6 is 11.3 Å². The van der Waals surface area contributed by atoms with Gasteiger partial charge in [0.15, 0.2) is 0 Å². The fraction of sp³-hybridized carbons (Fsp3) is 0.176. The van der Waals surface area contributed by atoms with Crippen LogP contribution in [0.2, 0.25) is 0 Å². The van der Waals surface area contributed by atoms with Crippen LogP contribution in [0, 0.1) is 12.7 Å². The summed E-state index contributed by atoms with van der Waals surface area (Å²) in [5, 5.41) is 1.18. The zero-order chi connectivity index (χ0) is 14.8. The minimum atomic E-state index is -0.247. The number of ether oxygens (including phenoxy) is 1. The Kier molecular flexibility index (Phi) is 3.90. The molecule has 1 aromatic heterocycles. The number of hydrogen-bond acceptors (Lipinski definition) is 3. The molecular formula is C17H16FNOS. The van der Waals surface area contributed by atoms with Crippen molar-refractivity contribution in [1.82, 2.24) is 0 Å². The molecule has 0 aliphatic heterocycles. The van der Waals surface area contributed by atoms with E-state index in [-0.39, 0.29) is 5.82 Å². The van der Waals surface area contributed by atoms with Gasteiger partial charge in [-0.25, -0.2) is 4.39 Å². The predicted octanol–water partition coefficient (Wildman–Crippen LogP) is 4.39. The Balaban J connectivity index is 1.91. The smallest absolute Gasteiger partial charge is 0.123 e. The first kappa shape index (κ1) is 14.0. The highest BCUT2D eigenvalue weighted by Gasteiger charge is 2.12. The first-order chi connectivity index (χ1) is 10.2. The van der Waals surface area contributed by atoms with Crippen molar-refractivity contribution >= 4 is 21.4 Å². The third kappa shape index (κ3) is 2.77. The van der Waals surface area contributed by atoms with Gasteiger partial charge in [0.05, 0.1) is 0 Å². The molecule has 0 aliphatic carbocycles. The van der Waals surface area contributed by atoms with Crippen molar-refractivity contribution < 1.29 is 9.13 Å². The van der Waals surface area contributed by atoms with E-state index >= 15 is 0 Å². The summed E-state index contributed by atoms with van der Waals surface area (Å²) in [4.78, 5) is 1.14. The van der Waals surface area contributed by atoms with Gasteiger partial charge in [-0.3, -0.25) is 0 Å². The Morgan fingerprint density at radius 3 is 2.76 bits per heavy atom. The zero-order valence-electron chi connectivity index (χ0n) is 11.7. The fourth-order valence-corrected chi connectivity index (χ4v) is 3.49. The summed E-state index contributed by atoms with van der Waals surface area (Å²) in [5.41, 5.74) is 7.76. The Hall–Kier alpha value is -1.91. The summed E-state index contributed by atoms with van der Waals surface area (Å²) in [5.74, 6) is 0.457. The van der Waals surface area contributed by atoms with Gasteiger partial charge in [0.25, 0.3) is 0 Å². The van der Waals surface area contributed by atoms with Gasteiger partial charge in [0.1, 0.15) is 18.2 Å². The summed E-state index contributed by atoms with van der Waals surface area (Å²) < 4.78 is 20.2. The average Bonchev–Trinajstić information content (AvgIpc) is 2.84. The molecule has 0 saturated carbocycles. The van der Waals surface area contributed by atoms with E-state index in [1.807, 2.05) is 19.1 Å². The number of halogens is 1. The molecule has 0 aliphatic rings. The minimum absolute atomic E-state index is 0.247. The molecule has 4 heteroatoms. The molecule has 0 unspecified atom stereocenters. The molecule has 21 heavy (non-hydrogen) atoms. The highest BCUT2D eigenvalue weighted by Crippen LogP contribution is 2.32. The number of thiophene rings is 1. The summed E-state index contributed by atoms with van der Waals surface area (Å²) in [6.07, 6.45) is 0. The highest BCUT2D eigenvalue weighted by molar-refractivity contribution is 7.19. The number of nitrogens with two attached hydrogens (primary N) is 1. The average molecular weight is 301 g/mol. The molecule has 0 bridgehead atoms. The lowest BCUT2D eigenvalue weighted by atomic mass is 10.1. The monoisotopic (exact) mass is 301 g/mol. The molecule has 0 spiro atoms. The van der Waals surface area contributed by atoms with Crippen LogP contribution in [0.3, 0.4) is 0 Å². The normalized spacial score (nSPS) is 11.0. The SMILES string of the molecule is Cc1cc(F)ccc1OCc1c(CN)sc2ccccc12. The molecule has 3 aromatic rings. The molecule has 0 radical (unpaired) electrons. The summed E-state index contributed by atoms with van der Waals surface area (Å²) in [7, 11) is 0. The van der Waals surface area contributed by atoms with E-state index in [1.165, 1.54) is 22.2 Å². The topological polar surface area (TPSA) is 35.2 Å². The quantitative estimate of drug-likeness (QED) is 0.776. The van der Waals surface area contributed by atoms with E-state index in [1.54, 1.807) is 17.4 Å². The molecule has 0 saturated heterocycles. The van der Waals surface area contributed by atoms with Crippen LogP contribution in [0.5, 0.6) is 5.75 Å². The molecule has 0 amide bonds. The van der Waals surface area contributed by atoms with Crippen LogP contribution in [0.15, 0.2) is 42.5 Å². The number of aryl methyl sites for hydroxylation is 1. The molecule has 0 atom stereocenters. The van der Waals surface area contributed by atoms with E-state index < -0.39 is 0 Å². The Bertz CT molecular complexity index is 782. The maximum absolute atomic E-state index is 13.1. The lowest BCUT2D eigenvalue weighted by Crippen LogP contribution is -2.02. The van der Waals surface area contributed by atoms with E-state index in [0.29, 0.717) is 18.9 Å². The second kappa shape index (κ2) is 5.84. The maximum Gasteiger partial charge on any atom is 0.123 e. The molecule has 2 nitrogen and oxygen atoms in total. The number of benzene rings is 2. The standard InChI is InChI=1S/C17H16FNOS/c1-11-8-12(18)6-7-15(11)20-10-14-13-4-2-3-5-16(13)21-17(14)9-19/h2-8H,9-10,19H2,1H3. The van der Waals surface area contributed by atoms with Gasteiger partial charge < -0.3 is 10.5 Å². The Labute approximate surface area is 127 Å². The largest absolute Gasteiger partial charge is 0.489 e. The summed E-state index contributed by atoms with van der Waals surface area (Å²) in [6, 6.07) is 12.8. The van der Waals surface area contributed by atoms with Crippen molar-refractivity contribution in [3.8, 4) is 5.75 Å². The maximum atomic E-state index is 13.1. The fourth-order valence-electron chi connectivity index (χ4n) is 2.40. The van der Waals surface area contributed by atoms with Gasteiger partial charge in [-0.05, 0) is 42.1 Å². The lowest BCUT2D eigenvalue weighted by molar-refractivity contribution is 0.304. The second-order valence-corrected chi connectivity index (χ2v) is 6.04. The van der Waals surface area contributed by atoms with Crippen molar-refractivity contribution in [2.75, 3.05) is 0 Å². The summed E-state index contributed by atoms with van der Waals surface area (Å²) in [6.45, 7) is 2.79. The second-order valence-electron chi connectivity index (χ2n) is 4.90. The van der Waals surface area contributed by atoms with E-state index in [4.69, 9.17) is 10.5 Å². The van der Waals surface area contributed by atoms with E-state index in [9.17, 15) is 4.39 Å². The van der Waals surface area contributed by atoms with Crippen LogP contribution in [-0.2, 0) is 13.2 Å². The van der Waals surface area contributed by atoms with Crippen molar-refractivity contribution in [2.45, 2.75) is 20.1 Å². The van der Waals surface area contributed by atoms with Crippen LogP contribution in [0.1, 0.15) is 16.0 Å². The first-order valence-corrected chi connectivity index (χ1v) is 7.59. The lowest BCUT2D eigenvalue weighted by Gasteiger charge is -2.10. The van der Waals surface area contributed by atoms with Crippen molar-refractivity contribution in [1.29, 1.82) is 0 Å². The van der Waals surface area contributed by atoms with Crippen LogP contribution < -0.4 is 10.5 Å². The van der Waals surface area contributed by atoms with Gasteiger partial charge in [-0.15, -0.1) is 11.3 Å². The number of hydrogen-bond donors (Lipinski definition) is 1. The first-order valence-electron chi connectivity index (χ1n) is 6.77. The third-order valence-corrected chi connectivity index (χ3v) is 4.71. The third-order valence-electron chi connectivity index (χ3n) is 3.48. The van der Waals surface area contributed by atoms with Gasteiger partial charge in [0.2, 0.25) is 0 Å². The molecule has 0 fully saturated rings. The molecule has 108 valence electrons. The highest BCUT2D eigenvalue weighted by atomic mass is 32.1. The van der Waals surface area contributed by atoms with Crippen LogP contribution in [0.4, 0.5) is 4.39 Å². The number of rotatable bonds is 4. The van der Waals surface area contributed by atoms with Crippen molar-refractivity contribution in [3.63, 3.8) is 0 Å². The zero-order valence-corrected chi connectivity index (χ0v) is 12.5. The molecule has 3 rings (SSSR count). The van der Waals surface area contributed by atoms with Crippen LogP contribution in [0.25, 0.3) is 10.1 Å². The number of fused-ring (bicyclic) bond motifs is 1. The van der Waals surface area contributed by atoms with Gasteiger partial charge in [-0.1, -0.05) is 18.2 Å². The molecular weight excluding hydrogens is 285 g/mol. The molecule has 2 aromatic carbocycles. The summed E-state index contributed by atoms with van der Waals surface area (Å²) >= 11 is 1.70. The molecule has 2 N–H and O–H groups in total. The van der Waals surface area contributed by atoms with Gasteiger partial charge in [-0.2, -0.15) is 0 Å². The van der Waals surface area contributed by atoms with Crippen LogP contribution in [-0.4, -0.2) is 0 Å². The van der Waals surface area contributed by atoms with Gasteiger partial charge >= 0.3 is 0 Å². The van der Waals surface area contributed by atoms with Crippen molar-refractivity contribution in [3.05, 3.63) is 64.3 Å². The minimum Gasteiger partial charge on any atom is -0.489 e. The van der Waals surface area contributed by atoms with E-state index in [0.717, 1.165) is 16.0 Å². The Morgan fingerprint density at radius 1 is 1.19 bits per heavy atom.